The van der Waals surface area contributed by atoms with Gasteiger partial charge in [0.2, 0.25) is 0 Å². The highest BCUT2D eigenvalue weighted by Crippen LogP contribution is 2.22. The molecule has 0 aromatic heterocycles. The second-order valence-corrected chi connectivity index (χ2v) is 6.06. The molecule has 3 rings (SSSR count). The summed E-state index contributed by atoms with van der Waals surface area (Å²) in [6.07, 6.45) is 3.12. The summed E-state index contributed by atoms with van der Waals surface area (Å²) in [5.41, 5.74) is 1.99. The maximum Gasteiger partial charge on any atom is 0.321 e. The van der Waals surface area contributed by atoms with Crippen LogP contribution in [-0.2, 0) is 6.42 Å². The number of carbonyl (C=O) groups is 1. The standard InChI is InChI=1S/C19H21FN2O/c20-17-6-8-18(9-7-17)21-19(23)22-12-10-16(11-13-22)14-15-4-2-1-3-5-15/h1-9,16H,10-14H2,(H,21,23). The Balaban J connectivity index is 1.48. The highest BCUT2D eigenvalue weighted by atomic mass is 19.1. The zero-order valence-electron chi connectivity index (χ0n) is 13.0. The van der Waals surface area contributed by atoms with Gasteiger partial charge < -0.3 is 10.2 Å². The Morgan fingerprint density at radius 1 is 1.04 bits per heavy atom. The summed E-state index contributed by atoms with van der Waals surface area (Å²) in [5.74, 6) is 0.331. The smallest absolute Gasteiger partial charge is 0.321 e. The van der Waals surface area contributed by atoms with Gasteiger partial charge in [-0.05, 0) is 55.0 Å². The van der Waals surface area contributed by atoms with Gasteiger partial charge >= 0.3 is 6.03 Å². The number of rotatable bonds is 3. The van der Waals surface area contributed by atoms with Crippen LogP contribution in [0, 0.1) is 11.7 Å². The molecular formula is C19H21FN2O. The molecule has 4 heteroatoms. The van der Waals surface area contributed by atoms with Crippen molar-refractivity contribution in [2.75, 3.05) is 18.4 Å². The maximum absolute atomic E-state index is 12.9. The average Bonchev–Trinajstić information content (AvgIpc) is 2.58. The molecule has 3 nitrogen and oxygen atoms in total. The Kier molecular flexibility index (Phi) is 4.91. The molecule has 0 bridgehead atoms. The summed E-state index contributed by atoms with van der Waals surface area (Å²) in [5, 5.41) is 2.82. The van der Waals surface area contributed by atoms with Crippen LogP contribution in [0.4, 0.5) is 14.9 Å². The molecule has 0 atom stereocenters. The Bertz CT molecular complexity index is 634. The first-order valence-corrected chi connectivity index (χ1v) is 8.06. The molecule has 0 aliphatic carbocycles. The second-order valence-electron chi connectivity index (χ2n) is 6.06. The number of halogens is 1. The van der Waals surface area contributed by atoms with Gasteiger partial charge in [-0.1, -0.05) is 30.3 Å². The van der Waals surface area contributed by atoms with Gasteiger partial charge in [0.25, 0.3) is 0 Å². The first-order chi connectivity index (χ1) is 11.2. The lowest BCUT2D eigenvalue weighted by Crippen LogP contribution is -2.41. The summed E-state index contributed by atoms with van der Waals surface area (Å²) in [6.45, 7) is 1.54. The van der Waals surface area contributed by atoms with Crippen molar-refractivity contribution < 1.29 is 9.18 Å². The van der Waals surface area contributed by atoms with Crippen molar-refractivity contribution in [3.05, 3.63) is 66.0 Å². The monoisotopic (exact) mass is 312 g/mol. The molecule has 1 heterocycles. The molecule has 120 valence electrons. The topological polar surface area (TPSA) is 32.3 Å². The summed E-state index contributed by atoms with van der Waals surface area (Å²) < 4.78 is 12.9. The molecule has 1 N–H and O–H groups in total. The lowest BCUT2D eigenvalue weighted by atomic mass is 9.90. The third-order valence-corrected chi connectivity index (χ3v) is 4.36. The Morgan fingerprint density at radius 2 is 1.70 bits per heavy atom. The van der Waals surface area contributed by atoms with Crippen molar-refractivity contribution in [1.82, 2.24) is 4.90 Å². The van der Waals surface area contributed by atoms with Crippen molar-refractivity contribution in [2.45, 2.75) is 19.3 Å². The molecule has 0 spiro atoms. The van der Waals surface area contributed by atoms with Crippen LogP contribution in [0.15, 0.2) is 54.6 Å². The van der Waals surface area contributed by atoms with Gasteiger partial charge in [-0.15, -0.1) is 0 Å². The van der Waals surface area contributed by atoms with E-state index >= 15 is 0 Å². The minimum absolute atomic E-state index is 0.102. The van der Waals surface area contributed by atoms with E-state index in [0.717, 1.165) is 32.4 Å². The molecular weight excluding hydrogens is 291 g/mol. The highest BCUT2D eigenvalue weighted by molar-refractivity contribution is 5.89. The van der Waals surface area contributed by atoms with Gasteiger partial charge in [0.15, 0.2) is 0 Å². The fourth-order valence-electron chi connectivity index (χ4n) is 3.02. The maximum atomic E-state index is 12.9. The fraction of sp³-hybridized carbons (Fsp3) is 0.316. The van der Waals surface area contributed by atoms with Crippen LogP contribution in [0.2, 0.25) is 0 Å². The molecule has 1 saturated heterocycles. The van der Waals surface area contributed by atoms with Crippen molar-refractivity contribution >= 4 is 11.7 Å². The molecule has 23 heavy (non-hydrogen) atoms. The van der Waals surface area contributed by atoms with Crippen LogP contribution in [0.3, 0.4) is 0 Å². The molecule has 1 aliphatic heterocycles. The number of likely N-dealkylation sites (tertiary alicyclic amines) is 1. The van der Waals surface area contributed by atoms with Crippen LogP contribution in [0.1, 0.15) is 18.4 Å². The minimum Gasteiger partial charge on any atom is -0.325 e. The predicted molar refractivity (Wildman–Crippen MR) is 89.9 cm³/mol. The molecule has 2 aromatic carbocycles. The van der Waals surface area contributed by atoms with Crippen LogP contribution >= 0.6 is 0 Å². The molecule has 0 radical (unpaired) electrons. The first kappa shape index (κ1) is 15.5. The van der Waals surface area contributed by atoms with Gasteiger partial charge in [0.05, 0.1) is 0 Å². The Labute approximate surface area is 136 Å². The number of urea groups is 1. The second kappa shape index (κ2) is 7.27. The van der Waals surface area contributed by atoms with E-state index in [1.807, 2.05) is 11.0 Å². The summed E-state index contributed by atoms with van der Waals surface area (Å²) in [4.78, 5) is 14.1. The van der Waals surface area contributed by atoms with E-state index in [2.05, 4.69) is 29.6 Å². The fourth-order valence-corrected chi connectivity index (χ4v) is 3.02. The van der Waals surface area contributed by atoms with Crippen LogP contribution in [-0.4, -0.2) is 24.0 Å². The Morgan fingerprint density at radius 3 is 2.35 bits per heavy atom. The highest BCUT2D eigenvalue weighted by Gasteiger charge is 2.22. The molecule has 2 amide bonds. The predicted octanol–water partition coefficient (Wildman–Crippen LogP) is 4.31. The molecule has 2 aromatic rings. The number of nitrogens with one attached hydrogen (secondary N) is 1. The third kappa shape index (κ3) is 4.31. The largest absolute Gasteiger partial charge is 0.325 e. The van der Waals surface area contributed by atoms with E-state index in [-0.39, 0.29) is 11.8 Å². The normalized spacial score (nSPS) is 15.4. The van der Waals surface area contributed by atoms with E-state index < -0.39 is 0 Å². The first-order valence-electron chi connectivity index (χ1n) is 8.06. The molecule has 1 aliphatic rings. The Hall–Kier alpha value is -2.36. The lowest BCUT2D eigenvalue weighted by molar-refractivity contribution is 0.182. The number of benzene rings is 2. The molecule has 1 fully saturated rings. The zero-order valence-corrected chi connectivity index (χ0v) is 13.0. The molecule has 0 unspecified atom stereocenters. The van der Waals surface area contributed by atoms with Crippen LogP contribution in [0.25, 0.3) is 0 Å². The number of piperidine rings is 1. The zero-order chi connectivity index (χ0) is 16.1. The van der Waals surface area contributed by atoms with Gasteiger partial charge in [-0.3, -0.25) is 0 Å². The van der Waals surface area contributed by atoms with Crippen molar-refractivity contribution in [3.63, 3.8) is 0 Å². The van der Waals surface area contributed by atoms with Gasteiger partial charge in [0.1, 0.15) is 5.82 Å². The number of amides is 2. The van der Waals surface area contributed by atoms with Gasteiger partial charge in [0, 0.05) is 18.8 Å². The van der Waals surface area contributed by atoms with E-state index in [4.69, 9.17) is 0 Å². The van der Waals surface area contributed by atoms with E-state index in [0.29, 0.717) is 11.6 Å². The van der Waals surface area contributed by atoms with E-state index in [1.54, 1.807) is 12.1 Å². The SMILES string of the molecule is O=C(Nc1ccc(F)cc1)N1CCC(Cc2ccccc2)CC1. The van der Waals surface area contributed by atoms with Crippen LogP contribution < -0.4 is 5.32 Å². The van der Waals surface area contributed by atoms with Crippen molar-refractivity contribution in [1.29, 1.82) is 0 Å². The summed E-state index contributed by atoms with van der Waals surface area (Å²) >= 11 is 0. The summed E-state index contributed by atoms with van der Waals surface area (Å²) in [7, 11) is 0. The quantitative estimate of drug-likeness (QED) is 0.900. The number of carbonyl (C=O) groups excluding carboxylic acids is 1. The van der Waals surface area contributed by atoms with Gasteiger partial charge in [-0.25, -0.2) is 9.18 Å². The average molecular weight is 312 g/mol. The number of nitrogens with zero attached hydrogens (tertiary/aromatic N) is 1. The number of hydrogen-bond donors (Lipinski definition) is 1. The number of hydrogen-bond acceptors (Lipinski definition) is 1. The van der Waals surface area contributed by atoms with E-state index in [9.17, 15) is 9.18 Å². The summed E-state index contributed by atoms with van der Waals surface area (Å²) in [6, 6.07) is 16.2. The van der Waals surface area contributed by atoms with E-state index in [1.165, 1.54) is 17.7 Å². The lowest BCUT2D eigenvalue weighted by Gasteiger charge is -2.32. The van der Waals surface area contributed by atoms with Crippen LogP contribution in [0.5, 0.6) is 0 Å². The molecule has 0 saturated carbocycles. The van der Waals surface area contributed by atoms with Crippen molar-refractivity contribution in [3.8, 4) is 0 Å². The third-order valence-electron chi connectivity index (χ3n) is 4.36. The number of anilines is 1. The van der Waals surface area contributed by atoms with Crippen molar-refractivity contribution in [2.24, 2.45) is 5.92 Å². The van der Waals surface area contributed by atoms with Gasteiger partial charge in [-0.2, -0.15) is 0 Å². The minimum atomic E-state index is -0.301.